The van der Waals surface area contributed by atoms with Gasteiger partial charge in [-0.3, -0.25) is 14.9 Å². The highest BCUT2D eigenvalue weighted by atomic mass is 35.5. The summed E-state index contributed by atoms with van der Waals surface area (Å²) in [5, 5.41) is 17.3. The summed E-state index contributed by atoms with van der Waals surface area (Å²) >= 11 is 11.8. The van der Waals surface area contributed by atoms with Gasteiger partial charge in [-0.2, -0.15) is 0 Å². The molecule has 2 aromatic carbocycles. The van der Waals surface area contributed by atoms with Crippen LogP contribution in [0.4, 0.5) is 11.4 Å². The number of hydrogen-bond donors (Lipinski definition) is 2. The Kier molecular flexibility index (Phi) is 5.78. The van der Waals surface area contributed by atoms with E-state index in [0.717, 1.165) is 0 Å². The van der Waals surface area contributed by atoms with E-state index in [1.165, 1.54) is 18.2 Å². The third-order valence-corrected chi connectivity index (χ3v) is 3.56. The Balaban J connectivity index is 1.91. The van der Waals surface area contributed by atoms with Crippen LogP contribution in [0.3, 0.4) is 0 Å². The van der Waals surface area contributed by atoms with Crippen LogP contribution in [0.15, 0.2) is 42.5 Å². The van der Waals surface area contributed by atoms with E-state index in [9.17, 15) is 14.9 Å². The first-order valence-corrected chi connectivity index (χ1v) is 7.45. The number of nitrogens with one attached hydrogen (secondary N) is 2. The predicted molar refractivity (Wildman–Crippen MR) is 90.4 cm³/mol. The van der Waals surface area contributed by atoms with Crippen molar-refractivity contribution in [2.45, 2.75) is 0 Å². The molecule has 120 valence electrons. The summed E-state index contributed by atoms with van der Waals surface area (Å²) in [5.74, 6) is -0.307. The SMILES string of the molecule is O=C(NCCNc1cc(Cl)ccc1[N+](=O)[O-])c1ccccc1Cl. The number of nitro benzene ring substituents is 1. The lowest BCUT2D eigenvalue weighted by molar-refractivity contribution is -0.384. The first-order valence-electron chi connectivity index (χ1n) is 6.69. The highest BCUT2D eigenvalue weighted by Crippen LogP contribution is 2.27. The van der Waals surface area contributed by atoms with Crippen LogP contribution in [0, 0.1) is 10.1 Å². The maximum atomic E-state index is 12.0. The number of hydrogen-bond acceptors (Lipinski definition) is 4. The molecule has 2 rings (SSSR count). The maximum Gasteiger partial charge on any atom is 0.292 e. The van der Waals surface area contributed by atoms with Crippen molar-refractivity contribution in [2.75, 3.05) is 18.4 Å². The highest BCUT2D eigenvalue weighted by molar-refractivity contribution is 6.33. The second kappa shape index (κ2) is 7.80. The van der Waals surface area contributed by atoms with E-state index in [2.05, 4.69) is 10.6 Å². The Morgan fingerprint density at radius 1 is 1.13 bits per heavy atom. The molecule has 6 nitrogen and oxygen atoms in total. The van der Waals surface area contributed by atoms with Gasteiger partial charge in [0.2, 0.25) is 0 Å². The van der Waals surface area contributed by atoms with Gasteiger partial charge in [0.25, 0.3) is 11.6 Å². The van der Waals surface area contributed by atoms with Crippen molar-refractivity contribution in [3.63, 3.8) is 0 Å². The molecule has 0 bridgehead atoms. The van der Waals surface area contributed by atoms with Crippen molar-refractivity contribution in [3.8, 4) is 0 Å². The standard InChI is InChI=1S/C15H13Cl2N3O3/c16-10-5-6-14(20(22)23)13(9-10)18-7-8-19-15(21)11-3-1-2-4-12(11)17/h1-6,9,18H,7-8H2,(H,19,21). The lowest BCUT2D eigenvalue weighted by atomic mass is 10.2. The molecule has 0 heterocycles. The van der Waals surface area contributed by atoms with E-state index in [0.29, 0.717) is 27.8 Å². The number of nitrogens with zero attached hydrogens (tertiary/aromatic N) is 1. The first kappa shape index (κ1) is 17.1. The maximum absolute atomic E-state index is 12.0. The molecular formula is C15H13Cl2N3O3. The highest BCUT2D eigenvalue weighted by Gasteiger charge is 2.13. The van der Waals surface area contributed by atoms with Crippen LogP contribution in [0.5, 0.6) is 0 Å². The van der Waals surface area contributed by atoms with Crippen LogP contribution < -0.4 is 10.6 Å². The Hall–Kier alpha value is -2.31. The number of benzene rings is 2. The quantitative estimate of drug-likeness (QED) is 0.470. The number of amides is 1. The van der Waals surface area contributed by atoms with Crippen LogP contribution in [-0.4, -0.2) is 23.9 Å². The zero-order chi connectivity index (χ0) is 16.8. The molecule has 0 fully saturated rings. The summed E-state index contributed by atoms with van der Waals surface area (Å²) in [7, 11) is 0. The van der Waals surface area contributed by atoms with Crippen molar-refractivity contribution in [1.82, 2.24) is 5.32 Å². The van der Waals surface area contributed by atoms with Crippen LogP contribution in [-0.2, 0) is 0 Å². The number of nitro groups is 1. The van der Waals surface area contributed by atoms with Gasteiger partial charge < -0.3 is 10.6 Å². The van der Waals surface area contributed by atoms with Crippen molar-refractivity contribution < 1.29 is 9.72 Å². The smallest absolute Gasteiger partial charge is 0.292 e. The van der Waals surface area contributed by atoms with Gasteiger partial charge >= 0.3 is 0 Å². The zero-order valence-corrected chi connectivity index (χ0v) is 13.4. The fourth-order valence-corrected chi connectivity index (χ4v) is 2.32. The summed E-state index contributed by atoms with van der Waals surface area (Å²) in [6.07, 6.45) is 0. The Labute approximate surface area is 142 Å². The van der Waals surface area contributed by atoms with E-state index in [1.807, 2.05) is 0 Å². The number of anilines is 1. The number of rotatable bonds is 6. The minimum Gasteiger partial charge on any atom is -0.378 e. The molecule has 0 unspecified atom stereocenters. The molecular weight excluding hydrogens is 341 g/mol. The van der Waals surface area contributed by atoms with Gasteiger partial charge in [-0.1, -0.05) is 35.3 Å². The van der Waals surface area contributed by atoms with E-state index in [1.54, 1.807) is 24.3 Å². The molecule has 0 spiro atoms. The lowest BCUT2D eigenvalue weighted by Gasteiger charge is -2.09. The fourth-order valence-electron chi connectivity index (χ4n) is 1.92. The largest absolute Gasteiger partial charge is 0.378 e. The van der Waals surface area contributed by atoms with Gasteiger partial charge in [-0.05, 0) is 24.3 Å². The zero-order valence-electron chi connectivity index (χ0n) is 11.9. The first-order chi connectivity index (χ1) is 11.0. The molecule has 1 amide bonds. The van der Waals surface area contributed by atoms with Crippen LogP contribution in [0.2, 0.25) is 10.0 Å². The molecule has 0 saturated heterocycles. The van der Waals surface area contributed by atoms with E-state index in [4.69, 9.17) is 23.2 Å². The Bertz CT molecular complexity index is 738. The second-order valence-electron chi connectivity index (χ2n) is 4.58. The summed E-state index contributed by atoms with van der Waals surface area (Å²) in [6.45, 7) is 0.575. The average Bonchev–Trinajstić information content (AvgIpc) is 2.51. The third-order valence-electron chi connectivity index (χ3n) is 3.00. The number of carbonyl (C=O) groups is 1. The van der Waals surface area contributed by atoms with Crippen LogP contribution in [0.25, 0.3) is 0 Å². The van der Waals surface area contributed by atoms with E-state index < -0.39 is 4.92 Å². The predicted octanol–water partition coefficient (Wildman–Crippen LogP) is 3.74. The Morgan fingerprint density at radius 3 is 2.57 bits per heavy atom. The number of halogens is 2. The summed E-state index contributed by atoms with van der Waals surface area (Å²) in [5.41, 5.74) is 0.601. The molecule has 0 atom stereocenters. The van der Waals surface area contributed by atoms with Crippen molar-refractivity contribution in [1.29, 1.82) is 0 Å². The summed E-state index contributed by atoms with van der Waals surface area (Å²) in [6, 6.07) is 10.9. The molecule has 8 heteroatoms. The Morgan fingerprint density at radius 2 is 1.87 bits per heavy atom. The van der Waals surface area contributed by atoms with Crippen LogP contribution >= 0.6 is 23.2 Å². The molecule has 0 aliphatic rings. The lowest BCUT2D eigenvalue weighted by Crippen LogP contribution is -2.29. The molecule has 0 saturated carbocycles. The average molecular weight is 354 g/mol. The van der Waals surface area contributed by atoms with Gasteiger partial charge in [-0.15, -0.1) is 0 Å². The van der Waals surface area contributed by atoms with Crippen molar-refractivity contribution >= 4 is 40.5 Å². The van der Waals surface area contributed by atoms with E-state index >= 15 is 0 Å². The summed E-state index contributed by atoms with van der Waals surface area (Å²) < 4.78 is 0. The van der Waals surface area contributed by atoms with Gasteiger partial charge in [0.15, 0.2) is 0 Å². The van der Waals surface area contributed by atoms with Crippen molar-refractivity contribution in [2.24, 2.45) is 0 Å². The second-order valence-corrected chi connectivity index (χ2v) is 5.42. The monoisotopic (exact) mass is 353 g/mol. The normalized spacial score (nSPS) is 10.2. The van der Waals surface area contributed by atoms with Crippen LogP contribution in [0.1, 0.15) is 10.4 Å². The molecule has 0 aliphatic carbocycles. The molecule has 0 aromatic heterocycles. The molecule has 0 aliphatic heterocycles. The van der Waals surface area contributed by atoms with Gasteiger partial charge in [0, 0.05) is 24.2 Å². The van der Waals surface area contributed by atoms with Gasteiger partial charge in [-0.25, -0.2) is 0 Å². The topological polar surface area (TPSA) is 84.3 Å². The molecule has 23 heavy (non-hydrogen) atoms. The molecule has 0 radical (unpaired) electrons. The minimum atomic E-state index is -0.499. The third kappa shape index (κ3) is 4.58. The minimum absolute atomic E-state index is 0.0770. The molecule has 2 N–H and O–H groups in total. The van der Waals surface area contributed by atoms with Gasteiger partial charge in [0.05, 0.1) is 15.5 Å². The van der Waals surface area contributed by atoms with E-state index in [-0.39, 0.29) is 18.1 Å². The fraction of sp³-hybridized carbons (Fsp3) is 0.133. The van der Waals surface area contributed by atoms with Gasteiger partial charge in [0.1, 0.15) is 5.69 Å². The van der Waals surface area contributed by atoms with Crippen molar-refractivity contribution in [3.05, 3.63) is 68.2 Å². The number of carbonyl (C=O) groups excluding carboxylic acids is 1. The summed E-state index contributed by atoms with van der Waals surface area (Å²) in [4.78, 5) is 22.4. The molecule has 2 aromatic rings.